The molecule has 2 amide bonds. The molecule has 2 saturated heterocycles. The molecule has 1 saturated carbocycles. The van der Waals surface area contributed by atoms with Crippen LogP contribution in [0.1, 0.15) is 49.1 Å². The summed E-state index contributed by atoms with van der Waals surface area (Å²) in [5.41, 5.74) is 0.773. The molecule has 3 unspecified atom stereocenters. The number of alkyl halides is 2. The minimum Gasteiger partial charge on any atom is -0.465 e. The zero-order valence-electron chi connectivity index (χ0n) is 23.3. The number of carbonyl (C=O) groups excluding carboxylic acids is 1. The van der Waals surface area contributed by atoms with Crippen LogP contribution in [-0.2, 0) is 11.2 Å². The number of anilines is 1. The number of hydrogen-bond acceptors (Lipinski definition) is 6. The Morgan fingerprint density at radius 3 is 2.56 bits per heavy atom. The van der Waals surface area contributed by atoms with Crippen molar-refractivity contribution in [2.45, 2.75) is 68.5 Å². The van der Waals surface area contributed by atoms with Crippen molar-refractivity contribution in [3.8, 4) is 0 Å². The first-order valence-electron chi connectivity index (χ1n) is 14.3. The predicted octanol–water partition coefficient (Wildman–Crippen LogP) is 5.92. The lowest BCUT2D eigenvalue weighted by atomic mass is 9.67. The number of amides is 2. The zero-order chi connectivity index (χ0) is 30.9. The van der Waals surface area contributed by atoms with E-state index in [4.69, 9.17) is 11.6 Å². The highest BCUT2D eigenvalue weighted by atomic mass is 35.5. The molecular formula is C29H36ClF3N4O5S. The Labute approximate surface area is 254 Å². The number of fused-ring (bicyclic) bond motifs is 2. The average Bonchev–Trinajstić information content (AvgIpc) is 3.03. The van der Waals surface area contributed by atoms with Gasteiger partial charge in [0, 0.05) is 60.2 Å². The second kappa shape index (κ2) is 12.8. The van der Waals surface area contributed by atoms with Gasteiger partial charge >= 0.3 is 6.09 Å². The summed E-state index contributed by atoms with van der Waals surface area (Å²) in [6.45, 7) is 0.971. The molecule has 14 heteroatoms. The smallest absolute Gasteiger partial charge is 0.405 e. The number of carbonyl (C=O) groups is 2. The lowest BCUT2D eigenvalue weighted by Crippen LogP contribution is -2.55. The Hall–Kier alpha value is -2.55. The van der Waals surface area contributed by atoms with E-state index in [0.717, 1.165) is 6.42 Å². The molecule has 6 N–H and O–H groups in total. The summed E-state index contributed by atoms with van der Waals surface area (Å²) >= 11 is 6.02. The van der Waals surface area contributed by atoms with Gasteiger partial charge in [-0.25, -0.2) is 22.3 Å². The van der Waals surface area contributed by atoms with Gasteiger partial charge in [0.15, 0.2) is 0 Å². The fourth-order valence-corrected chi connectivity index (χ4v) is 8.55. The summed E-state index contributed by atoms with van der Waals surface area (Å²) in [5.74, 6) is -5.66. The van der Waals surface area contributed by atoms with Crippen molar-refractivity contribution in [2.24, 2.45) is 5.92 Å². The number of benzene rings is 2. The molecule has 0 radical (unpaired) electrons. The van der Waals surface area contributed by atoms with Crippen LogP contribution in [-0.4, -0.2) is 73.4 Å². The summed E-state index contributed by atoms with van der Waals surface area (Å²) in [7, 11) is -2.96. The van der Waals surface area contributed by atoms with Crippen LogP contribution in [0.15, 0.2) is 42.5 Å². The van der Waals surface area contributed by atoms with Crippen LogP contribution in [0.5, 0.6) is 0 Å². The number of piperazine rings is 1. The maximum atomic E-state index is 15.2. The van der Waals surface area contributed by atoms with E-state index in [0.29, 0.717) is 36.5 Å². The van der Waals surface area contributed by atoms with Gasteiger partial charge in [-0.05, 0) is 61.4 Å². The number of nitrogens with one attached hydrogen (secondary N) is 3. The normalized spacial score (nSPS) is 26.7. The van der Waals surface area contributed by atoms with Crippen molar-refractivity contribution in [2.75, 3.05) is 24.2 Å². The Morgan fingerprint density at radius 2 is 1.88 bits per heavy atom. The monoisotopic (exact) mass is 644 g/mol. The van der Waals surface area contributed by atoms with Gasteiger partial charge in [0.05, 0.1) is 5.75 Å². The number of nitrogens with zero attached hydrogens (tertiary/aromatic N) is 1. The van der Waals surface area contributed by atoms with E-state index in [1.54, 1.807) is 28.6 Å². The molecule has 2 heterocycles. The number of halogens is 4. The summed E-state index contributed by atoms with van der Waals surface area (Å²) in [4.78, 5) is 25.5. The largest absolute Gasteiger partial charge is 0.465 e. The molecule has 5 atom stereocenters. The van der Waals surface area contributed by atoms with E-state index in [1.165, 1.54) is 18.2 Å². The first-order valence-corrected chi connectivity index (χ1v) is 16.3. The average molecular weight is 645 g/mol. The van der Waals surface area contributed by atoms with Crippen molar-refractivity contribution in [3.05, 3.63) is 64.4 Å². The zero-order valence-corrected chi connectivity index (χ0v) is 24.9. The summed E-state index contributed by atoms with van der Waals surface area (Å²) in [6.07, 6.45) is -0.495. The molecule has 1 aliphatic carbocycles. The fourth-order valence-electron chi connectivity index (χ4n) is 6.56. The molecule has 3 aliphatic rings. The summed E-state index contributed by atoms with van der Waals surface area (Å²) in [6, 6.07) is 8.82. The first kappa shape index (κ1) is 31.9. The van der Waals surface area contributed by atoms with E-state index in [-0.39, 0.29) is 35.5 Å². The third-order valence-electron chi connectivity index (χ3n) is 8.71. The SMILES string of the molecule is O=C(O)N[C@@H](C(=O)Nc1cccc(F)c1CCC1CNC2CCCS(O)(O)N1C2)[C@@H](c1ccc(Cl)cc1)C1CC(F)(F)C1. The third kappa shape index (κ3) is 7.40. The second-order valence-electron chi connectivity index (χ2n) is 11.7. The van der Waals surface area contributed by atoms with Gasteiger partial charge < -0.3 is 21.1 Å². The number of carboxylic acid groups (broad SMARTS) is 1. The highest BCUT2D eigenvalue weighted by Gasteiger charge is 2.52. The van der Waals surface area contributed by atoms with E-state index < -0.39 is 65.2 Å². The van der Waals surface area contributed by atoms with Gasteiger partial charge in [0.25, 0.3) is 0 Å². The van der Waals surface area contributed by atoms with Gasteiger partial charge in [-0.1, -0.05) is 29.8 Å². The molecule has 236 valence electrons. The maximum Gasteiger partial charge on any atom is 0.405 e. The van der Waals surface area contributed by atoms with E-state index in [9.17, 15) is 32.6 Å². The number of rotatable bonds is 9. The maximum absolute atomic E-state index is 15.2. The van der Waals surface area contributed by atoms with Crippen molar-refractivity contribution < 1.29 is 37.0 Å². The molecule has 5 rings (SSSR count). The molecule has 0 aromatic heterocycles. The Kier molecular flexibility index (Phi) is 9.50. The molecule has 43 heavy (non-hydrogen) atoms. The van der Waals surface area contributed by atoms with Crippen LogP contribution in [0, 0.1) is 11.7 Å². The van der Waals surface area contributed by atoms with Crippen LogP contribution in [0.4, 0.5) is 23.7 Å². The van der Waals surface area contributed by atoms with Crippen molar-refractivity contribution >= 4 is 40.1 Å². The first-order chi connectivity index (χ1) is 20.3. The molecule has 2 aliphatic heterocycles. The lowest BCUT2D eigenvalue weighted by molar-refractivity contribution is -0.130. The molecule has 2 bridgehead atoms. The topological polar surface area (TPSA) is 134 Å². The van der Waals surface area contributed by atoms with Crippen LogP contribution in [0.2, 0.25) is 5.02 Å². The second-order valence-corrected chi connectivity index (χ2v) is 14.2. The standard InChI is InChI=1S/C29H36ClF3N4O5S/c30-19-8-6-17(7-9-19)25(18-13-29(32,33)14-18)26(36-28(39)40)27(38)35-24-5-1-4-23(31)22(24)11-10-21-15-34-20-3-2-12-43(41,42)37(21)16-20/h1,4-9,18,20-21,25-26,34,36,41-42H,2-3,10-16H2,(H,35,38)(H,39,40)/t20?,21?,25-,26+/m0/s1. The van der Waals surface area contributed by atoms with Crippen LogP contribution in [0.25, 0.3) is 0 Å². The van der Waals surface area contributed by atoms with Gasteiger partial charge in [-0.15, -0.1) is 10.8 Å². The predicted molar refractivity (Wildman–Crippen MR) is 159 cm³/mol. The summed E-state index contributed by atoms with van der Waals surface area (Å²) < 4.78 is 66.3. The van der Waals surface area contributed by atoms with Crippen LogP contribution >= 0.6 is 22.4 Å². The molecule has 0 spiro atoms. The number of hydrogen-bond donors (Lipinski definition) is 6. The highest BCUT2D eigenvalue weighted by molar-refractivity contribution is 8.22. The van der Waals surface area contributed by atoms with Gasteiger partial charge in [0.1, 0.15) is 11.9 Å². The lowest BCUT2D eigenvalue weighted by Gasteiger charge is -2.49. The van der Waals surface area contributed by atoms with E-state index in [2.05, 4.69) is 16.0 Å². The molecule has 2 aromatic rings. The van der Waals surface area contributed by atoms with Gasteiger partial charge in [0.2, 0.25) is 11.8 Å². The van der Waals surface area contributed by atoms with E-state index >= 15 is 4.39 Å². The molecular weight excluding hydrogens is 609 g/mol. The van der Waals surface area contributed by atoms with Gasteiger partial charge in [-0.2, -0.15) is 0 Å². The van der Waals surface area contributed by atoms with Crippen LogP contribution in [0.3, 0.4) is 0 Å². The van der Waals surface area contributed by atoms with E-state index in [1.807, 2.05) is 0 Å². The van der Waals surface area contributed by atoms with Gasteiger partial charge in [-0.3, -0.25) is 13.9 Å². The minimum atomic E-state index is -2.96. The Morgan fingerprint density at radius 1 is 1.16 bits per heavy atom. The molecule has 3 fully saturated rings. The fraction of sp³-hybridized carbons (Fsp3) is 0.517. The third-order valence-corrected chi connectivity index (χ3v) is 11.0. The van der Waals surface area contributed by atoms with Crippen molar-refractivity contribution in [1.82, 2.24) is 14.9 Å². The Balaban J connectivity index is 1.38. The quantitative estimate of drug-likeness (QED) is 0.200. The molecule has 2 aromatic carbocycles. The molecule has 9 nitrogen and oxygen atoms in total. The summed E-state index contributed by atoms with van der Waals surface area (Å²) in [5, 5.41) is 18.3. The minimum absolute atomic E-state index is 0.125. The Bertz CT molecular complexity index is 1330. The van der Waals surface area contributed by atoms with Crippen molar-refractivity contribution in [3.63, 3.8) is 0 Å². The van der Waals surface area contributed by atoms with Crippen LogP contribution < -0.4 is 16.0 Å². The van der Waals surface area contributed by atoms with Crippen molar-refractivity contribution in [1.29, 1.82) is 0 Å². The highest BCUT2D eigenvalue weighted by Crippen LogP contribution is 2.51.